The molecule has 0 saturated carbocycles. The number of aromatic hydroxyl groups is 1. The Bertz CT molecular complexity index is 487. The smallest absolute Gasteiger partial charge is 0.246 e. The number of carbonyl (C=O) groups is 1. The molecule has 1 atom stereocenters. The third-order valence-corrected chi connectivity index (χ3v) is 3.99. The number of fused-ring (bicyclic) bond motifs is 1. The first-order valence-corrected chi connectivity index (χ1v) is 5.96. The molecule has 82 valence electrons. The number of amides is 1. The van der Waals surface area contributed by atoms with Crippen LogP contribution in [0.3, 0.4) is 0 Å². The topological polar surface area (TPSA) is 52.9 Å². The molecule has 3 rings (SSSR count). The summed E-state index contributed by atoms with van der Waals surface area (Å²) < 4.78 is 0. The molecule has 5 heteroatoms. The molecular formula is C11H10N2O2S. The molecule has 2 heterocycles. The van der Waals surface area contributed by atoms with E-state index in [1.54, 1.807) is 23.1 Å². The minimum Gasteiger partial charge on any atom is -0.508 e. The highest BCUT2D eigenvalue weighted by Gasteiger charge is 2.41. The molecule has 1 aromatic carbocycles. The number of rotatable bonds is 1. The molecule has 0 aromatic heterocycles. The lowest BCUT2D eigenvalue weighted by molar-refractivity contribution is -0.125. The van der Waals surface area contributed by atoms with Crippen molar-refractivity contribution in [2.75, 3.05) is 13.1 Å². The number of phenolic OH excluding ortho intramolecular Hbond substituents is 1. The van der Waals surface area contributed by atoms with Gasteiger partial charge in [-0.3, -0.25) is 14.7 Å². The van der Waals surface area contributed by atoms with Crippen LogP contribution in [0, 0.1) is 0 Å². The lowest BCUT2D eigenvalue weighted by atomic mass is 10.1. The Hall–Kier alpha value is -1.49. The number of aliphatic imine (C=N–C) groups is 1. The van der Waals surface area contributed by atoms with Crippen LogP contribution in [0.4, 0.5) is 0 Å². The van der Waals surface area contributed by atoms with E-state index in [-0.39, 0.29) is 16.9 Å². The van der Waals surface area contributed by atoms with Crippen molar-refractivity contribution < 1.29 is 9.90 Å². The maximum absolute atomic E-state index is 12.1. The Morgan fingerprint density at radius 1 is 1.44 bits per heavy atom. The summed E-state index contributed by atoms with van der Waals surface area (Å²) in [4.78, 5) is 18.0. The molecule has 1 unspecified atom stereocenters. The number of benzene rings is 1. The first kappa shape index (κ1) is 9.72. The Kier molecular flexibility index (Phi) is 2.14. The number of nitrogens with zero attached hydrogens (tertiary/aromatic N) is 2. The van der Waals surface area contributed by atoms with Crippen LogP contribution in [0.15, 0.2) is 29.3 Å². The zero-order valence-electron chi connectivity index (χ0n) is 8.46. The number of carbonyl (C=O) groups excluding carboxylic acids is 1. The summed E-state index contributed by atoms with van der Waals surface area (Å²) in [5.74, 6) is 0.206. The van der Waals surface area contributed by atoms with Gasteiger partial charge in [-0.2, -0.15) is 0 Å². The molecule has 0 spiro atoms. The summed E-state index contributed by atoms with van der Waals surface area (Å²) in [6.45, 7) is 1.37. The molecule has 0 bridgehead atoms. The van der Waals surface area contributed by atoms with Crippen LogP contribution in [0.25, 0.3) is 0 Å². The second-order valence-electron chi connectivity index (χ2n) is 3.71. The van der Waals surface area contributed by atoms with Gasteiger partial charge in [-0.1, -0.05) is 30.0 Å². The zero-order chi connectivity index (χ0) is 11.1. The van der Waals surface area contributed by atoms with E-state index < -0.39 is 0 Å². The molecule has 0 radical (unpaired) electrons. The van der Waals surface area contributed by atoms with Gasteiger partial charge in [-0.15, -0.1) is 0 Å². The Morgan fingerprint density at radius 2 is 2.25 bits per heavy atom. The summed E-state index contributed by atoms with van der Waals surface area (Å²) in [6.07, 6.45) is 0. The molecule has 1 N–H and O–H groups in total. The van der Waals surface area contributed by atoms with Gasteiger partial charge in [-0.05, 0) is 6.07 Å². The highest BCUT2D eigenvalue weighted by molar-refractivity contribution is 8.15. The van der Waals surface area contributed by atoms with Gasteiger partial charge in [-0.25, -0.2) is 0 Å². The van der Waals surface area contributed by atoms with E-state index in [1.165, 1.54) is 11.8 Å². The number of hydrogen-bond donors (Lipinski definition) is 1. The van der Waals surface area contributed by atoms with Crippen LogP contribution in [-0.4, -0.2) is 34.2 Å². The van der Waals surface area contributed by atoms with Crippen molar-refractivity contribution in [3.05, 3.63) is 29.8 Å². The van der Waals surface area contributed by atoms with Crippen LogP contribution in [-0.2, 0) is 4.79 Å². The van der Waals surface area contributed by atoms with E-state index in [9.17, 15) is 9.90 Å². The predicted molar refractivity (Wildman–Crippen MR) is 62.5 cm³/mol. The van der Waals surface area contributed by atoms with Gasteiger partial charge in [0.15, 0.2) is 5.17 Å². The van der Waals surface area contributed by atoms with Crippen LogP contribution >= 0.6 is 11.8 Å². The summed E-state index contributed by atoms with van der Waals surface area (Å²) in [5, 5.41) is 10.2. The van der Waals surface area contributed by atoms with Crippen molar-refractivity contribution in [3.8, 4) is 5.75 Å². The van der Waals surface area contributed by atoms with Crippen molar-refractivity contribution in [2.24, 2.45) is 4.99 Å². The third kappa shape index (κ3) is 1.31. The standard InChI is InChI=1S/C11H10N2O2S/c14-8-4-2-1-3-7(8)9-10(15)13-6-5-12-11(13)16-9/h1-4,9,14H,5-6H2. The molecule has 1 amide bonds. The Balaban J connectivity index is 1.98. The normalized spacial score (nSPS) is 23.5. The molecule has 2 aliphatic rings. The first-order valence-electron chi connectivity index (χ1n) is 5.08. The van der Waals surface area contributed by atoms with Gasteiger partial charge >= 0.3 is 0 Å². The van der Waals surface area contributed by atoms with E-state index in [2.05, 4.69) is 4.99 Å². The van der Waals surface area contributed by atoms with E-state index in [0.29, 0.717) is 18.7 Å². The van der Waals surface area contributed by atoms with Gasteiger partial charge in [0, 0.05) is 12.1 Å². The fourth-order valence-electron chi connectivity index (χ4n) is 1.94. The number of hydrogen-bond acceptors (Lipinski definition) is 4. The minimum absolute atomic E-state index is 0.0303. The molecule has 0 aliphatic carbocycles. The number of phenols is 1. The lowest BCUT2D eigenvalue weighted by Gasteiger charge is -2.11. The van der Waals surface area contributed by atoms with Crippen molar-refractivity contribution in [1.29, 1.82) is 0 Å². The Labute approximate surface area is 97.0 Å². The molecule has 1 fully saturated rings. The molecule has 1 saturated heterocycles. The van der Waals surface area contributed by atoms with E-state index in [1.807, 2.05) is 6.07 Å². The average molecular weight is 234 g/mol. The van der Waals surface area contributed by atoms with Gasteiger partial charge in [0.1, 0.15) is 11.0 Å². The number of thioether (sulfide) groups is 1. The molecule has 16 heavy (non-hydrogen) atoms. The maximum Gasteiger partial charge on any atom is 0.246 e. The maximum atomic E-state index is 12.1. The van der Waals surface area contributed by atoms with E-state index in [0.717, 1.165) is 5.17 Å². The highest BCUT2D eigenvalue weighted by Crippen LogP contribution is 2.43. The fourth-order valence-corrected chi connectivity index (χ4v) is 3.17. The van der Waals surface area contributed by atoms with Gasteiger partial charge < -0.3 is 5.11 Å². The summed E-state index contributed by atoms with van der Waals surface area (Å²) in [7, 11) is 0. The number of para-hydroxylation sites is 1. The van der Waals surface area contributed by atoms with E-state index >= 15 is 0 Å². The first-order chi connectivity index (χ1) is 7.77. The quantitative estimate of drug-likeness (QED) is 0.798. The second-order valence-corrected chi connectivity index (χ2v) is 4.78. The van der Waals surface area contributed by atoms with Crippen molar-refractivity contribution in [1.82, 2.24) is 4.90 Å². The summed E-state index contributed by atoms with van der Waals surface area (Å²) in [6, 6.07) is 6.97. The minimum atomic E-state index is -0.333. The Morgan fingerprint density at radius 3 is 3.00 bits per heavy atom. The van der Waals surface area contributed by atoms with Crippen molar-refractivity contribution >= 4 is 22.8 Å². The average Bonchev–Trinajstić information content (AvgIpc) is 2.83. The number of amidine groups is 1. The summed E-state index contributed by atoms with van der Waals surface area (Å²) in [5.41, 5.74) is 0.676. The van der Waals surface area contributed by atoms with E-state index in [4.69, 9.17) is 0 Å². The molecular weight excluding hydrogens is 224 g/mol. The zero-order valence-corrected chi connectivity index (χ0v) is 9.28. The monoisotopic (exact) mass is 234 g/mol. The van der Waals surface area contributed by atoms with Gasteiger partial charge in [0.05, 0.1) is 6.54 Å². The SMILES string of the molecule is O=C1C(c2ccccc2O)SC2=NCCN12. The lowest BCUT2D eigenvalue weighted by Crippen LogP contribution is -2.27. The highest BCUT2D eigenvalue weighted by atomic mass is 32.2. The second kappa shape index (κ2) is 3.52. The van der Waals surface area contributed by atoms with Gasteiger partial charge in [0.2, 0.25) is 5.91 Å². The summed E-state index contributed by atoms with van der Waals surface area (Å²) >= 11 is 1.42. The van der Waals surface area contributed by atoms with Crippen LogP contribution in [0.2, 0.25) is 0 Å². The predicted octanol–water partition coefficient (Wildman–Crippen LogP) is 1.38. The van der Waals surface area contributed by atoms with Crippen LogP contribution in [0.5, 0.6) is 5.75 Å². The van der Waals surface area contributed by atoms with Crippen LogP contribution < -0.4 is 0 Å². The largest absolute Gasteiger partial charge is 0.508 e. The fraction of sp³-hybridized carbons (Fsp3) is 0.273. The molecule has 2 aliphatic heterocycles. The molecule has 1 aromatic rings. The third-order valence-electron chi connectivity index (χ3n) is 2.73. The molecule has 4 nitrogen and oxygen atoms in total. The van der Waals surface area contributed by atoms with Gasteiger partial charge in [0.25, 0.3) is 0 Å². The van der Waals surface area contributed by atoms with Crippen molar-refractivity contribution in [3.63, 3.8) is 0 Å². The van der Waals surface area contributed by atoms with Crippen LogP contribution in [0.1, 0.15) is 10.8 Å². The van der Waals surface area contributed by atoms with Crippen molar-refractivity contribution in [2.45, 2.75) is 5.25 Å².